The second kappa shape index (κ2) is 7.68. The lowest BCUT2D eigenvalue weighted by atomic mass is 10.2. The third-order valence-electron chi connectivity index (χ3n) is 4.76. The quantitative estimate of drug-likeness (QED) is 0.843. The van der Waals surface area contributed by atoms with E-state index in [9.17, 15) is 8.42 Å². The molecule has 1 saturated heterocycles. The number of benzene rings is 2. The minimum Gasteiger partial charge on any atom is -0.298 e. The first kappa shape index (κ1) is 18.1. The van der Waals surface area contributed by atoms with E-state index < -0.39 is 10.0 Å². The highest BCUT2D eigenvalue weighted by atomic mass is 32.2. The standard InChI is InChI=1S/C20H26N2O2S/c1-17-9-10-18(2)20(15-17)25(23,24)22-12-6-11-21(13-14-22)16-19-7-4-3-5-8-19/h3-5,7-10,15H,6,11-14,16H2,1-2H3. The molecule has 0 spiro atoms. The summed E-state index contributed by atoms with van der Waals surface area (Å²) in [6, 6.07) is 16.0. The normalized spacial score (nSPS) is 17.4. The van der Waals surface area contributed by atoms with Crippen LogP contribution in [0.1, 0.15) is 23.1 Å². The summed E-state index contributed by atoms with van der Waals surface area (Å²) in [5.41, 5.74) is 3.06. The summed E-state index contributed by atoms with van der Waals surface area (Å²) < 4.78 is 27.8. The maximum absolute atomic E-state index is 13.1. The lowest BCUT2D eigenvalue weighted by molar-refractivity contribution is 0.278. The smallest absolute Gasteiger partial charge is 0.243 e. The number of aryl methyl sites for hydroxylation is 2. The first-order chi connectivity index (χ1) is 12.0. The predicted octanol–water partition coefficient (Wildman–Crippen LogP) is 3.20. The van der Waals surface area contributed by atoms with Crippen LogP contribution in [0.3, 0.4) is 0 Å². The lowest BCUT2D eigenvalue weighted by Crippen LogP contribution is -2.35. The summed E-state index contributed by atoms with van der Waals surface area (Å²) in [6.45, 7) is 7.49. The van der Waals surface area contributed by atoms with Gasteiger partial charge in [-0.2, -0.15) is 4.31 Å². The van der Waals surface area contributed by atoms with E-state index in [0.717, 1.165) is 37.2 Å². The van der Waals surface area contributed by atoms with Crippen molar-refractivity contribution in [2.24, 2.45) is 0 Å². The van der Waals surface area contributed by atoms with Crippen LogP contribution < -0.4 is 0 Å². The topological polar surface area (TPSA) is 40.6 Å². The van der Waals surface area contributed by atoms with Crippen molar-refractivity contribution in [3.05, 3.63) is 65.2 Å². The number of hydrogen-bond donors (Lipinski definition) is 0. The molecule has 2 aromatic carbocycles. The second-order valence-electron chi connectivity index (χ2n) is 6.79. The first-order valence-electron chi connectivity index (χ1n) is 8.80. The number of hydrogen-bond acceptors (Lipinski definition) is 3. The molecular formula is C20H26N2O2S. The highest BCUT2D eigenvalue weighted by Crippen LogP contribution is 2.22. The largest absolute Gasteiger partial charge is 0.298 e. The molecule has 3 rings (SSSR count). The van der Waals surface area contributed by atoms with Crippen LogP contribution in [0.2, 0.25) is 0 Å². The molecule has 5 heteroatoms. The number of nitrogens with zero attached hydrogens (tertiary/aromatic N) is 2. The van der Waals surface area contributed by atoms with Crippen molar-refractivity contribution in [3.63, 3.8) is 0 Å². The van der Waals surface area contributed by atoms with Crippen molar-refractivity contribution in [2.45, 2.75) is 31.7 Å². The molecule has 0 saturated carbocycles. The highest BCUT2D eigenvalue weighted by Gasteiger charge is 2.28. The van der Waals surface area contributed by atoms with Gasteiger partial charge in [0.05, 0.1) is 4.90 Å². The Labute approximate surface area is 151 Å². The van der Waals surface area contributed by atoms with E-state index in [1.165, 1.54) is 5.56 Å². The maximum atomic E-state index is 13.1. The van der Waals surface area contributed by atoms with E-state index in [-0.39, 0.29) is 0 Å². The second-order valence-corrected chi connectivity index (χ2v) is 8.69. The fourth-order valence-electron chi connectivity index (χ4n) is 3.31. The lowest BCUT2D eigenvalue weighted by Gasteiger charge is -2.22. The van der Waals surface area contributed by atoms with Gasteiger partial charge in [-0.05, 0) is 49.6 Å². The third kappa shape index (κ3) is 4.29. The molecule has 0 bridgehead atoms. The van der Waals surface area contributed by atoms with Gasteiger partial charge in [0.2, 0.25) is 10.0 Å². The van der Waals surface area contributed by atoms with Crippen molar-refractivity contribution in [3.8, 4) is 0 Å². The summed E-state index contributed by atoms with van der Waals surface area (Å²) in [4.78, 5) is 2.79. The molecule has 0 unspecified atom stereocenters. The van der Waals surface area contributed by atoms with Crippen LogP contribution >= 0.6 is 0 Å². The molecule has 1 fully saturated rings. The third-order valence-corrected chi connectivity index (χ3v) is 6.80. The van der Waals surface area contributed by atoms with Gasteiger partial charge in [0.25, 0.3) is 0 Å². The zero-order valence-electron chi connectivity index (χ0n) is 15.0. The van der Waals surface area contributed by atoms with E-state index in [4.69, 9.17) is 0 Å². The fraction of sp³-hybridized carbons (Fsp3) is 0.400. The zero-order valence-corrected chi connectivity index (χ0v) is 15.8. The van der Waals surface area contributed by atoms with Crippen molar-refractivity contribution >= 4 is 10.0 Å². The fourth-order valence-corrected chi connectivity index (χ4v) is 5.09. The van der Waals surface area contributed by atoms with Crippen molar-refractivity contribution in [1.82, 2.24) is 9.21 Å². The van der Waals surface area contributed by atoms with E-state index in [2.05, 4.69) is 17.0 Å². The minimum absolute atomic E-state index is 0.448. The van der Waals surface area contributed by atoms with Crippen molar-refractivity contribution in [1.29, 1.82) is 0 Å². The molecule has 2 aromatic rings. The van der Waals surface area contributed by atoms with Crippen LogP contribution in [0.4, 0.5) is 0 Å². The molecular weight excluding hydrogens is 332 g/mol. The summed E-state index contributed by atoms with van der Waals surface area (Å²) in [6.07, 6.45) is 0.858. The van der Waals surface area contributed by atoms with Gasteiger partial charge in [-0.3, -0.25) is 4.90 Å². The zero-order chi connectivity index (χ0) is 17.9. The van der Waals surface area contributed by atoms with Crippen LogP contribution in [0.5, 0.6) is 0 Å². The van der Waals surface area contributed by atoms with Gasteiger partial charge in [-0.15, -0.1) is 0 Å². The Bertz CT molecular complexity index is 819. The Hall–Kier alpha value is -1.69. The summed E-state index contributed by atoms with van der Waals surface area (Å²) in [7, 11) is -3.43. The average Bonchev–Trinajstić information content (AvgIpc) is 2.84. The number of rotatable bonds is 4. The summed E-state index contributed by atoms with van der Waals surface area (Å²) in [5.74, 6) is 0. The number of sulfonamides is 1. The van der Waals surface area contributed by atoms with Gasteiger partial charge < -0.3 is 0 Å². The van der Waals surface area contributed by atoms with Crippen LogP contribution in [-0.4, -0.2) is 43.8 Å². The van der Waals surface area contributed by atoms with Gasteiger partial charge >= 0.3 is 0 Å². The van der Waals surface area contributed by atoms with Crippen LogP contribution in [0.15, 0.2) is 53.4 Å². The van der Waals surface area contributed by atoms with Gasteiger partial charge in [-0.25, -0.2) is 8.42 Å². The molecule has 0 aromatic heterocycles. The van der Waals surface area contributed by atoms with Crippen LogP contribution in [0, 0.1) is 13.8 Å². The van der Waals surface area contributed by atoms with E-state index in [0.29, 0.717) is 18.0 Å². The molecule has 1 aliphatic rings. The Morgan fingerprint density at radius 2 is 1.68 bits per heavy atom. The Balaban J connectivity index is 1.73. The molecule has 0 aliphatic carbocycles. The summed E-state index contributed by atoms with van der Waals surface area (Å²) in [5, 5.41) is 0. The van der Waals surface area contributed by atoms with Crippen molar-refractivity contribution in [2.75, 3.05) is 26.2 Å². The SMILES string of the molecule is Cc1ccc(C)c(S(=O)(=O)N2CCCN(Cc3ccccc3)CC2)c1. The Kier molecular flexibility index (Phi) is 5.57. The van der Waals surface area contributed by atoms with Gasteiger partial charge in [0.15, 0.2) is 0 Å². The molecule has 25 heavy (non-hydrogen) atoms. The average molecular weight is 359 g/mol. The molecule has 0 amide bonds. The monoisotopic (exact) mass is 358 g/mol. The van der Waals surface area contributed by atoms with Gasteiger partial charge in [-0.1, -0.05) is 42.5 Å². The highest BCUT2D eigenvalue weighted by molar-refractivity contribution is 7.89. The van der Waals surface area contributed by atoms with Crippen LogP contribution in [0.25, 0.3) is 0 Å². The first-order valence-corrected chi connectivity index (χ1v) is 10.2. The predicted molar refractivity (Wildman–Crippen MR) is 101 cm³/mol. The molecule has 134 valence electrons. The molecule has 4 nitrogen and oxygen atoms in total. The van der Waals surface area contributed by atoms with E-state index in [1.807, 2.05) is 44.2 Å². The molecule has 0 N–H and O–H groups in total. The van der Waals surface area contributed by atoms with E-state index in [1.54, 1.807) is 10.4 Å². The molecule has 1 heterocycles. The Morgan fingerprint density at radius 1 is 0.920 bits per heavy atom. The molecule has 1 aliphatic heterocycles. The molecule has 0 radical (unpaired) electrons. The van der Waals surface area contributed by atoms with Gasteiger partial charge in [0.1, 0.15) is 0 Å². The van der Waals surface area contributed by atoms with E-state index >= 15 is 0 Å². The summed E-state index contributed by atoms with van der Waals surface area (Å²) >= 11 is 0. The van der Waals surface area contributed by atoms with Gasteiger partial charge in [0, 0.05) is 26.2 Å². The minimum atomic E-state index is -3.43. The van der Waals surface area contributed by atoms with Crippen LogP contribution in [-0.2, 0) is 16.6 Å². The molecule has 0 atom stereocenters. The Morgan fingerprint density at radius 3 is 2.44 bits per heavy atom. The van der Waals surface area contributed by atoms with Crippen molar-refractivity contribution < 1.29 is 8.42 Å². The maximum Gasteiger partial charge on any atom is 0.243 e.